The molecule has 7 nitrogen and oxygen atoms in total. The van der Waals surface area contributed by atoms with E-state index in [4.69, 9.17) is 16.4 Å². The number of halogens is 1. The zero-order chi connectivity index (χ0) is 12.5. The Labute approximate surface area is 94.4 Å². The molecule has 16 heavy (non-hydrogen) atoms. The van der Waals surface area contributed by atoms with Gasteiger partial charge >= 0.3 is 0 Å². The molecule has 0 saturated heterocycles. The number of hydrogen-bond acceptors (Lipinski definition) is 5. The highest BCUT2D eigenvalue weighted by Crippen LogP contribution is 2.24. The largest absolute Gasteiger partial charge is 0.365 e. The monoisotopic (exact) mass is 264 g/mol. The van der Waals surface area contributed by atoms with E-state index in [0.717, 1.165) is 12.1 Å². The Balaban J connectivity index is 3.52. The summed E-state index contributed by atoms with van der Waals surface area (Å²) in [6, 6.07) is 2.59. The number of carbonyl (C=O) groups is 1. The Kier molecular flexibility index (Phi) is 3.15. The standard InChI is InChI=1S/C7H5ClN2O5S/c8-16(14,15)4-1-2-5(7(9)11)6(3-4)10(12)13/h1-3H,(H2,9,11). The first-order valence-electron chi connectivity index (χ1n) is 3.76. The van der Waals surface area contributed by atoms with Crippen LogP contribution < -0.4 is 5.73 Å². The van der Waals surface area contributed by atoms with Crippen molar-refractivity contribution < 1.29 is 18.1 Å². The van der Waals surface area contributed by atoms with Crippen LogP contribution in [0.5, 0.6) is 0 Å². The highest BCUT2D eigenvalue weighted by atomic mass is 35.7. The quantitative estimate of drug-likeness (QED) is 0.487. The number of nitrogens with zero attached hydrogens (tertiary/aromatic N) is 1. The third-order valence-corrected chi connectivity index (χ3v) is 3.06. The van der Waals surface area contributed by atoms with Crippen LogP contribution in [-0.4, -0.2) is 19.2 Å². The smallest absolute Gasteiger partial charge is 0.283 e. The molecule has 0 saturated carbocycles. The van der Waals surface area contributed by atoms with Crippen LogP contribution in [0.3, 0.4) is 0 Å². The number of primary amides is 1. The average molecular weight is 265 g/mol. The van der Waals surface area contributed by atoms with Gasteiger partial charge in [-0.05, 0) is 12.1 Å². The molecule has 0 aliphatic rings. The van der Waals surface area contributed by atoms with Gasteiger partial charge in [0.2, 0.25) is 0 Å². The first kappa shape index (κ1) is 12.4. The molecule has 1 aromatic rings. The minimum Gasteiger partial charge on any atom is -0.365 e. The molecule has 0 bridgehead atoms. The summed E-state index contributed by atoms with van der Waals surface area (Å²) in [5, 5.41) is 10.6. The van der Waals surface area contributed by atoms with Gasteiger partial charge in [0.05, 0.1) is 9.82 Å². The maximum absolute atomic E-state index is 10.9. The number of rotatable bonds is 3. The predicted octanol–water partition coefficient (Wildman–Crippen LogP) is 0.621. The minimum absolute atomic E-state index is 0.380. The van der Waals surface area contributed by atoms with Crippen molar-refractivity contribution in [1.82, 2.24) is 0 Å². The van der Waals surface area contributed by atoms with Crippen molar-refractivity contribution in [3.63, 3.8) is 0 Å². The van der Waals surface area contributed by atoms with Crippen LogP contribution in [0.1, 0.15) is 10.4 Å². The van der Waals surface area contributed by atoms with E-state index in [2.05, 4.69) is 0 Å². The highest BCUT2D eigenvalue weighted by molar-refractivity contribution is 8.13. The summed E-state index contributed by atoms with van der Waals surface area (Å²) in [5.74, 6) is -1.02. The van der Waals surface area contributed by atoms with Gasteiger partial charge in [0, 0.05) is 16.7 Å². The summed E-state index contributed by atoms with van der Waals surface area (Å²) < 4.78 is 21.8. The van der Waals surface area contributed by atoms with Crippen molar-refractivity contribution in [1.29, 1.82) is 0 Å². The minimum atomic E-state index is -4.09. The van der Waals surface area contributed by atoms with E-state index in [-0.39, 0.29) is 5.56 Å². The van der Waals surface area contributed by atoms with Crippen molar-refractivity contribution in [2.75, 3.05) is 0 Å². The Morgan fingerprint density at radius 1 is 1.44 bits per heavy atom. The van der Waals surface area contributed by atoms with Crippen LogP contribution in [0.4, 0.5) is 5.69 Å². The number of amides is 1. The lowest BCUT2D eigenvalue weighted by Gasteiger charge is -2.00. The van der Waals surface area contributed by atoms with Crippen LogP contribution in [0.25, 0.3) is 0 Å². The van der Waals surface area contributed by atoms with Gasteiger partial charge in [-0.25, -0.2) is 8.42 Å². The zero-order valence-corrected chi connectivity index (χ0v) is 9.16. The van der Waals surface area contributed by atoms with E-state index < -0.39 is 30.5 Å². The first-order valence-corrected chi connectivity index (χ1v) is 6.07. The van der Waals surface area contributed by atoms with Gasteiger partial charge in [0.1, 0.15) is 5.56 Å². The van der Waals surface area contributed by atoms with Crippen LogP contribution in [0.15, 0.2) is 23.1 Å². The summed E-state index contributed by atoms with van der Waals surface area (Å²) in [5.41, 5.74) is 3.81. The number of carbonyl (C=O) groups excluding carboxylic acids is 1. The van der Waals surface area contributed by atoms with E-state index in [9.17, 15) is 23.3 Å². The van der Waals surface area contributed by atoms with Gasteiger partial charge in [-0.2, -0.15) is 0 Å². The van der Waals surface area contributed by atoms with Crippen LogP contribution in [-0.2, 0) is 9.05 Å². The second-order valence-electron chi connectivity index (χ2n) is 2.74. The summed E-state index contributed by atoms with van der Waals surface area (Å²) in [6.07, 6.45) is 0. The second-order valence-corrected chi connectivity index (χ2v) is 5.30. The maximum atomic E-state index is 10.9. The van der Waals surface area contributed by atoms with Gasteiger partial charge in [-0.3, -0.25) is 14.9 Å². The second kappa shape index (κ2) is 4.06. The molecule has 1 aromatic carbocycles. The molecule has 86 valence electrons. The summed E-state index contributed by atoms with van der Waals surface area (Å²) in [4.78, 5) is 20.0. The Morgan fingerprint density at radius 2 is 2.00 bits per heavy atom. The van der Waals surface area contributed by atoms with E-state index >= 15 is 0 Å². The fourth-order valence-corrected chi connectivity index (χ4v) is 1.79. The number of hydrogen-bond donors (Lipinski definition) is 1. The van der Waals surface area contributed by atoms with E-state index in [1.807, 2.05) is 0 Å². The number of benzene rings is 1. The molecule has 0 aromatic heterocycles. The van der Waals surface area contributed by atoms with Crippen molar-refractivity contribution in [3.8, 4) is 0 Å². The lowest BCUT2D eigenvalue weighted by Crippen LogP contribution is -2.13. The molecule has 0 aliphatic carbocycles. The zero-order valence-electron chi connectivity index (χ0n) is 7.58. The molecule has 1 amide bonds. The molecular formula is C7H5ClN2O5S. The topological polar surface area (TPSA) is 120 Å². The Morgan fingerprint density at radius 3 is 2.38 bits per heavy atom. The highest BCUT2D eigenvalue weighted by Gasteiger charge is 2.22. The predicted molar refractivity (Wildman–Crippen MR) is 54.7 cm³/mol. The van der Waals surface area contributed by atoms with Crippen LogP contribution in [0, 0.1) is 10.1 Å². The Hall–Kier alpha value is -1.67. The summed E-state index contributed by atoms with van der Waals surface area (Å²) in [7, 11) is 0.915. The van der Waals surface area contributed by atoms with E-state index in [0.29, 0.717) is 6.07 Å². The lowest BCUT2D eigenvalue weighted by atomic mass is 10.2. The molecule has 0 aliphatic heterocycles. The lowest BCUT2D eigenvalue weighted by molar-refractivity contribution is -0.385. The van der Waals surface area contributed by atoms with Gasteiger partial charge in [0.25, 0.3) is 20.6 Å². The van der Waals surface area contributed by atoms with Crippen molar-refractivity contribution in [3.05, 3.63) is 33.9 Å². The fourth-order valence-electron chi connectivity index (χ4n) is 1.02. The number of nitrogens with two attached hydrogens (primary N) is 1. The van der Waals surface area contributed by atoms with Gasteiger partial charge in [-0.15, -0.1) is 0 Å². The Bertz CT molecular complexity index is 568. The van der Waals surface area contributed by atoms with Gasteiger partial charge in [-0.1, -0.05) is 0 Å². The average Bonchev–Trinajstić information content (AvgIpc) is 2.15. The van der Waals surface area contributed by atoms with Crippen molar-refractivity contribution >= 4 is 31.3 Å². The molecule has 0 radical (unpaired) electrons. The molecule has 2 N–H and O–H groups in total. The molecule has 0 fully saturated rings. The van der Waals surface area contributed by atoms with E-state index in [1.165, 1.54) is 0 Å². The van der Waals surface area contributed by atoms with Gasteiger partial charge in [0.15, 0.2) is 0 Å². The summed E-state index contributed by atoms with van der Waals surface area (Å²) >= 11 is 0. The molecule has 0 heterocycles. The number of nitro benzene ring substituents is 1. The molecule has 0 atom stereocenters. The molecule has 9 heteroatoms. The summed E-state index contributed by atoms with van der Waals surface area (Å²) in [6.45, 7) is 0. The third kappa shape index (κ3) is 2.47. The molecule has 0 spiro atoms. The number of nitro groups is 1. The first-order chi connectivity index (χ1) is 7.23. The molecule has 1 rings (SSSR count). The normalized spacial score (nSPS) is 11.1. The third-order valence-electron chi connectivity index (χ3n) is 1.71. The fraction of sp³-hybridized carbons (Fsp3) is 0. The maximum Gasteiger partial charge on any atom is 0.283 e. The van der Waals surface area contributed by atoms with Crippen LogP contribution in [0.2, 0.25) is 0 Å². The molecule has 0 unspecified atom stereocenters. The van der Waals surface area contributed by atoms with Crippen LogP contribution >= 0.6 is 10.7 Å². The van der Waals surface area contributed by atoms with E-state index in [1.54, 1.807) is 0 Å². The van der Waals surface area contributed by atoms with Crippen molar-refractivity contribution in [2.24, 2.45) is 5.73 Å². The molecular weight excluding hydrogens is 260 g/mol. The van der Waals surface area contributed by atoms with Gasteiger partial charge < -0.3 is 5.73 Å². The van der Waals surface area contributed by atoms with Crippen molar-refractivity contribution in [2.45, 2.75) is 4.90 Å². The SMILES string of the molecule is NC(=O)c1ccc(S(=O)(=O)Cl)cc1[N+](=O)[O-].